The minimum atomic E-state index is -0.00463. The third-order valence-electron chi connectivity index (χ3n) is 0.532. The molecule has 0 heterocycles. The molecule has 0 aliphatic rings. The average molecular weight is 112 g/mol. The van der Waals surface area contributed by atoms with Crippen molar-refractivity contribution in [2.75, 3.05) is 0 Å². The zero-order chi connectivity index (χ0) is 5.70. The monoisotopic (exact) mass is 112 g/mol. The van der Waals surface area contributed by atoms with E-state index in [1.54, 1.807) is 0 Å². The van der Waals surface area contributed by atoms with Gasteiger partial charge < -0.3 is 0 Å². The Bertz CT molecular complexity index is 105. The van der Waals surface area contributed by atoms with Crippen molar-refractivity contribution in [3.63, 3.8) is 0 Å². The SMILES string of the molecule is C=CC(=O)C=C[SiH3]. The van der Waals surface area contributed by atoms with E-state index in [-0.39, 0.29) is 5.78 Å². The van der Waals surface area contributed by atoms with Gasteiger partial charge in [0, 0.05) is 10.2 Å². The lowest BCUT2D eigenvalue weighted by molar-refractivity contribution is -0.110. The first-order valence-electron chi connectivity index (χ1n) is 2.10. The van der Waals surface area contributed by atoms with Gasteiger partial charge in [0.05, 0.1) is 0 Å². The fourth-order valence-electron chi connectivity index (χ4n) is 0.232. The first-order chi connectivity index (χ1) is 3.31. The van der Waals surface area contributed by atoms with Gasteiger partial charge in [0.1, 0.15) is 0 Å². The largest absolute Gasteiger partial charge is 0.290 e. The van der Waals surface area contributed by atoms with Crippen LogP contribution in [0.2, 0.25) is 0 Å². The van der Waals surface area contributed by atoms with Crippen LogP contribution in [0.25, 0.3) is 0 Å². The van der Waals surface area contributed by atoms with Gasteiger partial charge >= 0.3 is 0 Å². The normalized spacial score (nSPS) is 9.71. The minimum Gasteiger partial charge on any atom is -0.290 e. The Morgan fingerprint density at radius 3 is 2.43 bits per heavy atom. The Labute approximate surface area is 46.2 Å². The summed E-state index contributed by atoms with van der Waals surface area (Å²) in [4.78, 5) is 10.2. The molecule has 0 bridgehead atoms. The molecule has 38 valence electrons. The highest BCUT2D eigenvalue weighted by atomic mass is 28.1. The number of carbonyl (C=O) groups is 1. The highest BCUT2D eigenvalue weighted by Crippen LogP contribution is 1.72. The number of ketones is 1. The van der Waals surface area contributed by atoms with E-state index < -0.39 is 0 Å². The van der Waals surface area contributed by atoms with Crippen LogP contribution < -0.4 is 0 Å². The van der Waals surface area contributed by atoms with Crippen LogP contribution in [0.5, 0.6) is 0 Å². The molecule has 0 atom stereocenters. The van der Waals surface area contributed by atoms with Gasteiger partial charge in [-0.05, 0) is 12.2 Å². The molecule has 0 aromatic carbocycles. The number of hydrogen-bond donors (Lipinski definition) is 0. The number of allylic oxidation sites excluding steroid dienone is 2. The Hall–Kier alpha value is -0.633. The highest BCUT2D eigenvalue weighted by Gasteiger charge is 1.78. The van der Waals surface area contributed by atoms with E-state index in [1.807, 2.05) is 5.70 Å². The van der Waals surface area contributed by atoms with Crippen molar-refractivity contribution in [1.29, 1.82) is 0 Å². The van der Waals surface area contributed by atoms with Gasteiger partial charge in [-0.2, -0.15) is 0 Å². The van der Waals surface area contributed by atoms with Crippen LogP contribution in [-0.4, -0.2) is 16.0 Å². The maximum atomic E-state index is 10.2. The zero-order valence-electron chi connectivity index (χ0n) is 4.35. The van der Waals surface area contributed by atoms with Crippen molar-refractivity contribution in [3.05, 3.63) is 24.4 Å². The fourth-order valence-corrected chi connectivity index (χ4v) is 0.561. The molecule has 0 aromatic heterocycles. The lowest BCUT2D eigenvalue weighted by Crippen LogP contribution is -1.81. The van der Waals surface area contributed by atoms with E-state index in [1.165, 1.54) is 12.2 Å². The maximum absolute atomic E-state index is 10.2. The van der Waals surface area contributed by atoms with Gasteiger partial charge in [0.15, 0.2) is 5.78 Å². The topological polar surface area (TPSA) is 17.1 Å². The van der Waals surface area contributed by atoms with E-state index in [9.17, 15) is 4.79 Å². The summed E-state index contributed by atoms with van der Waals surface area (Å²) in [6, 6.07) is 0. The molecule has 0 N–H and O–H groups in total. The summed E-state index contributed by atoms with van der Waals surface area (Å²) < 4.78 is 0. The second-order valence-electron chi connectivity index (χ2n) is 1.11. The van der Waals surface area contributed by atoms with Crippen LogP contribution in [0, 0.1) is 0 Å². The number of carbonyl (C=O) groups excluding carboxylic acids is 1. The molecule has 0 radical (unpaired) electrons. The van der Waals surface area contributed by atoms with E-state index in [2.05, 4.69) is 6.58 Å². The molecule has 0 rings (SSSR count). The van der Waals surface area contributed by atoms with Gasteiger partial charge in [0.2, 0.25) is 0 Å². The Morgan fingerprint density at radius 1 is 1.71 bits per heavy atom. The van der Waals surface area contributed by atoms with Gasteiger partial charge in [-0.1, -0.05) is 6.58 Å². The average Bonchev–Trinajstić information content (AvgIpc) is 1.68. The van der Waals surface area contributed by atoms with Gasteiger partial charge in [-0.25, -0.2) is 0 Å². The molecule has 7 heavy (non-hydrogen) atoms. The van der Waals surface area contributed by atoms with Gasteiger partial charge in [0.25, 0.3) is 0 Å². The summed E-state index contributed by atoms with van der Waals surface area (Å²) in [6.45, 7) is 3.29. The summed E-state index contributed by atoms with van der Waals surface area (Å²) in [5.74, 6) is -0.00463. The second-order valence-corrected chi connectivity index (χ2v) is 1.77. The van der Waals surface area contributed by atoms with Crippen LogP contribution in [0.3, 0.4) is 0 Å². The van der Waals surface area contributed by atoms with Crippen molar-refractivity contribution in [2.45, 2.75) is 0 Å². The molecule has 0 aromatic rings. The Balaban J connectivity index is 3.58. The summed E-state index contributed by atoms with van der Waals surface area (Å²) in [5, 5.41) is 0. The molecule has 0 unspecified atom stereocenters. The molecule has 0 saturated carbocycles. The van der Waals surface area contributed by atoms with Crippen molar-refractivity contribution in [2.24, 2.45) is 0 Å². The molecule has 2 heteroatoms. The highest BCUT2D eigenvalue weighted by molar-refractivity contribution is 6.19. The van der Waals surface area contributed by atoms with Crippen LogP contribution in [0.4, 0.5) is 0 Å². The summed E-state index contributed by atoms with van der Waals surface area (Å²) in [6.07, 6.45) is 2.83. The van der Waals surface area contributed by atoms with E-state index in [0.29, 0.717) is 0 Å². The second kappa shape index (κ2) is 3.55. The predicted octanol–water partition coefficient (Wildman–Crippen LogP) is -0.379. The molecule has 1 nitrogen and oxygen atoms in total. The fraction of sp³-hybridized carbons (Fsp3) is 0. The molecule has 0 amide bonds. The van der Waals surface area contributed by atoms with E-state index >= 15 is 0 Å². The number of rotatable bonds is 2. The lowest BCUT2D eigenvalue weighted by atomic mass is 10.4. The van der Waals surface area contributed by atoms with Crippen molar-refractivity contribution in [3.8, 4) is 0 Å². The van der Waals surface area contributed by atoms with Gasteiger partial charge in [-0.3, -0.25) is 4.79 Å². The molecule has 0 saturated heterocycles. The Morgan fingerprint density at radius 2 is 2.29 bits per heavy atom. The first-order valence-corrected chi connectivity index (χ1v) is 3.26. The summed E-state index contributed by atoms with van der Waals surface area (Å²) >= 11 is 0. The number of hydrogen-bond acceptors (Lipinski definition) is 1. The summed E-state index contributed by atoms with van der Waals surface area (Å²) in [5.41, 5.74) is 1.82. The van der Waals surface area contributed by atoms with Crippen LogP contribution in [0.15, 0.2) is 24.4 Å². The zero-order valence-corrected chi connectivity index (χ0v) is 6.35. The molecular formula is C5H8OSi. The lowest BCUT2D eigenvalue weighted by Gasteiger charge is -1.72. The smallest absolute Gasteiger partial charge is 0.177 e. The first kappa shape index (κ1) is 6.37. The van der Waals surface area contributed by atoms with Gasteiger partial charge in [-0.15, -0.1) is 5.70 Å². The molecule has 0 fully saturated rings. The summed E-state index contributed by atoms with van der Waals surface area (Å²) in [7, 11) is 0.942. The van der Waals surface area contributed by atoms with Crippen LogP contribution in [-0.2, 0) is 4.79 Å². The van der Waals surface area contributed by atoms with E-state index in [0.717, 1.165) is 10.2 Å². The minimum absolute atomic E-state index is 0.00463. The van der Waals surface area contributed by atoms with Crippen molar-refractivity contribution < 1.29 is 4.79 Å². The molecule has 0 aliphatic heterocycles. The maximum Gasteiger partial charge on any atom is 0.177 e. The van der Waals surface area contributed by atoms with E-state index in [4.69, 9.17) is 0 Å². The Kier molecular flexibility index (Phi) is 3.23. The third-order valence-corrected chi connectivity index (χ3v) is 0.865. The quantitative estimate of drug-likeness (QED) is 0.351. The van der Waals surface area contributed by atoms with Crippen LogP contribution >= 0.6 is 0 Å². The van der Waals surface area contributed by atoms with Crippen molar-refractivity contribution >= 4 is 16.0 Å². The molecular weight excluding hydrogens is 104 g/mol. The third kappa shape index (κ3) is 3.19. The molecule has 0 aliphatic carbocycles. The molecule has 0 spiro atoms. The standard InChI is InChI=1S/C5H8OSi/c1-2-5(6)3-4-7/h2-4H,1H2,7H3. The van der Waals surface area contributed by atoms with Crippen LogP contribution in [0.1, 0.15) is 0 Å². The van der Waals surface area contributed by atoms with Crippen molar-refractivity contribution in [1.82, 2.24) is 0 Å². The predicted molar refractivity (Wildman–Crippen MR) is 34.3 cm³/mol.